The Kier molecular flexibility index (Phi) is 13.8. The molecule has 0 bridgehead atoms. The number of hydrogen-bond acceptors (Lipinski definition) is 13. The number of ketones is 1. The number of nitrogens with one attached hydrogen (secondary N) is 5. The van der Waals surface area contributed by atoms with Crippen molar-refractivity contribution in [2.75, 3.05) is 26.2 Å². The maximum Gasteiger partial charge on any atom is 0.343 e. The number of aromatic nitrogens is 2. The minimum atomic E-state index is -2.02. The number of rotatable bonds is 17. The van der Waals surface area contributed by atoms with Gasteiger partial charge in [-0.15, -0.1) is 0 Å². The molecule has 3 aliphatic rings. The highest BCUT2D eigenvalue weighted by atomic mass is 19.1. The highest BCUT2D eigenvalue weighted by Crippen LogP contribution is 2.46. The summed E-state index contributed by atoms with van der Waals surface area (Å²) in [4.78, 5) is 107. The second-order valence-electron chi connectivity index (χ2n) is 16.9. The quantitative estimate of drug-likeness (QED) is 0.0346. The van der Waals surface area contributed by atoms with Crippen molar-refractivity contribution in [3.05, 3.63) is 97.1 Å². The number of ether oxygens (including phenoxy) is 1. The van der Waals surface area contributed by atoms with Gasteiger partial charge in [0.15, 0.2) is 11.4 Å². The van der Waals surface area contributed by atoms with Crippen LogP contribution in [0.3, 0.4) is 0 Å². The van der Waals surface area contributed by atoms with E-state index in [-0.39, 0.29) is 87.6 Å². The number of pyridine rings is 2. The Morgan fingerprint density at radius 2 is 1.68 bits per heavy atom. The third-order valence-electron chi connectivity index (χ3n) is 12.4. The molecule has 0 fully saturated rings. The van der Waals surface area contributed by atoms with E-state index in [1.807, 2.05) is 0 Å². The van der Waals surface area contributed by atoms with E-state index in [2.05, 4.69) is 26.6 Å². The van der Waals surface area contributed by atoms with Gasteiger partial charge in [-0.2, -0.15) is 0 Å². The van der Waals surface area contributed by atoms with Gasteiger partial charge in [-0.25, -0.2) is 14.2 Å². The van der Waals surface area contributed by atoms with Crippen LogP contribution in [0.25, 0.3) is 22.3 Å². The molecule has 4 aromatic rings. The average molecular weight is 910 g/mol. The van der Waals surface area contributed by atoms with E-state index < -0.39 is 70.5 Å². The molecule has 5 amide bonds. The summed E-state index contributed by atoms with van der Waals surface area (Å²) in [6, 6.07) is 6.94. The van der Waals surface area contributed by atoms with E-state index in [1.165, 1.54) is 17.6 Å². The van der Waals surface area contributed by atoms with Crippen LogP contribution in [0.4, 0.5) is 4.39 Å². The van der Waals surface area contributed by atoms with Gasteiger partial charge in [-0.05, 0) is 80.3 Å². The van der Waals surface area contributed by atoms with Gasteiger partial charge in [0.1, 0.15) is 12.4 Å². The molecule has 0 saturated carbocycles. The smallest absolute Gasteiger partial charge is 0.343 e. The van der Waals surface area contributed by atoms with Gasteiger partial charge in [0.25, 0.3) is 5.56 Å². The van der Waals surface area contributed by atoms with Crippen LogP contribution in [0.1, 0.15) is 94.9 Å². The summed E-state index contributed by atoms with van der Waals surface area (Å²) < 4.78 is 22.0. The fourth-order valence-electron chi connectivity index (χ4n) is 8.69. The molecule has 348 valence electrons. The van der Waals surface area contributed by atoms with Crippen molar-refractivity contribution in [2.45, 2.75) is 96.2 Å². The molecule has 7 rings (SSSR count). The molecular formula is C46H52FN9O10. The molecule has 0 saturated heterocycles. The number of benzene rings is 2. The van der Waals surface area contributed by atoms with Gasteiger partial charge in [0.2, 0.25) is 29.5 Å². The van der Waals surface area contributed by atoms with Crippen LogP contribution in [0, 0.1) is 12.7 Å². The van der Waals surface area contributed by atoms with Crippen molar-refractivity contribution in [1.82, 2.24) is 36.1 Å². The number of aliphatic hydroxyl groups is 1. The number of carbonyl (C=O) groups excluding carboxylic acids is 7. The molecule has 4 atom stereocenters. The first kappa shape index (κ1) is 47.1. The maximum atomic E-state index is 15.3. The normalized spacial score (nSPS) is 17.6. The average Bonchev–Trinajstić information content (AvgIpc) is 3.67. The summed E-state index contributed by atoms with van der Waals surface area (Å²) in [6.45, 7) is 3.67. The lowest BCUT2D eigenvalue weighted by Crippen LogP contribution is -2.46. The number of carbonyl (C=O) groups is 7. The van der Waals surface area contributed by atoms with Crippen LogP contribution in [-0.4, -0.2) is 94.2 Å². The van der Waals surface area contributed by atoms with E-state index in [1.54, 1.807) is 44.2 Å². The zero-order chi connectivity index (χ0) is 47.6. The summed E-state index contributed by atoms with van der Waals surface area (Å²) in [7, 11) is 0. The van der Waals surface area contributed by atoms with Gasteiger partial charge in [0, 0.05) is 41.1 Å². The molecular weight excluding hydrogens is 858 g/mol. The fraction of sp³-hybridized carbons (Fsp3) is 0.413. The van der Waals surface area contributed by atoms with Gasteiger partial charge >= 0.3 is 5.97 Å². The van der Waals surface area contributed by atoms with Crippen LogP contribution < -0.4 is 43.6 Å². The van der Waals surface area contributed by atoms with Gasteiger partial charge < -0.3 is 52.5 Å². The first-order chi connectivity index (χ1) is 31.4. The largest absolute Gasteiger partial charge is 0.458 e. The molecule has 1 aliphatic carbocycles. The topological polar surface area (TPSA) is 296 Å². The van der Waals surface area contributed by atoms with E-state index in [4.69, 9.17) is 21.2 Å². The molecule has 0 radical (unpaired) electrons. The molecule has 66 heavy (non-hydrogen) atoms. The Morgan fingerprint density at radius 1 is 0.955 bits per heavy atom. The molecule has 19 nitrogen and oxygen atoms in total. The number of aryl methyl sites for hydroxylation is 1. The second-order valence-corrected chi connectivity index (χ2v) is 16.9. The Morgan fingerprint density at radius 3 is 2.41 bits per heavy atom. The van der Waals surface area contributed by atoms with Crippen molar-refractivity contribution >= 4 is 52.2 Å². The minimum absolute atomic E-state index is 0.0281. The standard InChI is InChI=1S/C46H52FN9O10/c1-4-46(65)29-15-34-41-27(20-56(34)44(63)28(29)21-66-45(46)64)40-32(11-10-26-22(2)30(47)16-33(55-41)39(26)40)54-36(58)9-6-12-50-37(59)18-53-43(62)31(49)14-24-7-5-8-25(13-24)35(57)17-51-38(60)19-52-42(61)23(3)48/h5,7-8,13,15-16,23,31-32,65H,4,6,9-12,14,17-21,48-49H2,1-3H3,(H,50,59)(H,51,60)(H,52,61)(H,53,62)(H,54,58)/t23?,31-,32-,46-/m0/s1. The number of fused-ring (bicyclic) bond motifs is 5. The summed E-state index contributed by atoms with van der Waals surface area (Å²) in [5.41, 5.74) is 14.0. The van der Waals surface area contributed by atoms with Gasteiger partial charge in [0.05, 0.1) is 66.8 Å². The molecule has 0 spiro atoms. The second kappa shape index (κ2) is 19.3. The first-order valence-corrected chi connectivity index (χ1v) is 21.7. The molecule has 2 aliphatic heterocycles. The summed E-state index contributed by atoms with van der Waals surface area (Å²) in [6.07, 6.45) is 1.22. The van der Waals surface area contributed by atoms with Crippen molar-refractivity contribution in [3.63, 3.8) is 0 Å². The summed E-state index contributed by atoms with van der Waals surface area (Å²) in [5.74, 6) is -4.19. The van der Waals surface area contributed by atoms with Gasteiger partial charge in [-0.1, -0.05) is 25.1 Å². The monoisotopic (exact) mass is 909 g/mol. The van der Waals surface area contributed by atoms with Crippen LogP contribution in [0.5, 0.6) is 0 Å². The van der Waals surface area contributed by atoms with E-state index >= 15 is 4.39 Å². The SMILES string of the molecule is CC[C@@]1(O)C(=O)OCc2c1cc1n(c2=O)Cc2c-1nc1cc(F)c(C)c3c1c2[C@@H](NC(=O)CCCNC(=O)CNC(=O)[C@@H](N)Cc1cccc(C(=O)CNC(=O)CNC(=O)C(C)N)c1)CC3. The highest BCUT2D eigenvalue weighted by molar-refractivity contribution is 6.00. The van der Waals surface area contributed by atoms with E-state index in [9.17, 15) is 43.5 Å². The lowest BCUT2D eigenvalue weighted by atomic mass is 9.81. The Balaban J connectivity index is 0.917. The Labute approximate surface area is 377 Å². The Bertz CT molecular complexity index is 2760. The van der Waals surface area contributed by atoms with E-state index in [0.717, 1.165) is 11.1 Å². The third-order valence-corrected chi connectivity index (χ3v) is 12.4. The van der Waals surface area contributed by atoms with Gasteiger partial charge in [-0.3, -0.25) is 33.6 Å². The zero-order valence-electron chi connectivity index (χ0n) is 36.7. The minimum Gasteiger partial charge on any atom is -0.458 e. The zero-order valence-corrected chi connectivity index (χ0v) is 36.7. The van der Waals surface area contributed by atoms with Crippen LogP contribution >= 0.6 is 0 Å². The molecule has 2 aromatic heterocycles. The number of nitrogens with two attached hydrogens (primary N) is 2. The maximum absolute atomic E-state index is 15.3. The third kappa shape index (κ3) is 9.42. The number of amides is 5. The number of halogens is 1. The van der Waals surface area contributed by atoms with Crippen molar-refractivity contribution in [3.8, 4) is 11.4 Å². The fourth-order valence-corrected chi connectivity index (χ4v) is 8.69. The Hall–Kier alpha value is -6.90. The summed E-state index contributed by atoms with van der Waals surface area (Å²) in [5, 5.41) is 25.1. The first-order valence-electron chi connectivity index (χ1n) is 21.7. The summed E-state index contributed by atoms with van der Waals surface area (Å²) >= 11 is 0. The molecule has 4 heterocycles. The number of nitrogens with zero attached hydrogens (tertiary/aromatic N) is 2. The van der Waals surface area contributed by atoms with Crippen molar-refractivity contribution in [2.24, 2.45) is 11.5 Å². The number of Topliss-reactive ketones (excluding diaryl/α,β-unsaturated/α-hetero) is 1. The van der Waals surface area contributed by atoms with E-state index in [0.29, 0.717) is 51.8 Å². The van der Waals surface area contributed by atoms with Crippen molar-refractivity contribution < 1.29 is 47.8 Å². The van der Waals surface area contributed by atoms with Crippen LogP contribution in [0.15, 0.2) is 41.2 Å². The number of cyclic esters (lactones) is 1. The molecule has 20 heteroatoms. The van der Waals surface area contributed by atoms with Crippen molar-refractivity contribution in [1.29, 1.82) is 0 Å². The molecule has 10 N–H and O–H groups in total. The highest BCUT2D eigenvalue weighted by Gasteiger charge is 2.46. The van der Waals surface area contributed by atoms with Crippen LogP contribution in [-0.2, 0) is 65.1 Å². The number of esters is 1. The lowest BCUT2D eigenvalue weighted by molar-refractivity contribution is -0.172. The predicted molar refractivity (Wildman–Crippen MR) is 236 cm³/mol. The molecule has 1 unspecified atom stereocenters. The number of hydrogen-bond donors (Lipinski definition) is 8. The predicted octanol–water partition coefficient (Wildman–Crippen LogP) is -0.0245. The lowest BCUT2D eigenvalue weighted by Gasteiger charge is -2.31. The molecule has 2 aromatic carbocycles. The van der Waals surface area contributed by atoms with Crippen LogP contribution in [0.2, 0.25) is 0 Å².